The van der Waals surface area contributed by atoms with E-state index in [-0.39, 0.29) is 5.92 Å². The normalized spacial score (nSPS) is 10.5. The Morgan fingerprint density at radius 2 is 2.08 bits per heavy atom. The Morgan fingerprint density at radius 3 is 2.54 bits per heavy atom. The topological polar surface area (TPSA) is 37.3 Å². The summed E-state index contributed by atoms with van der Waals surface area (Å²) in [5, 5.41) is 8.92. The first-order chi connectivity index (χ1) is 6.02. The molecule has 0 aliphatic carbocycles. The lowest BCUT2D eigenvalue weighted by Crippen LogP contribution is -2.03. The first kappa shape index (κ1) is 10.3. The molecule has 0 aromatic heterocycles. The van der Waals surface area contributed by atoms with E-state index in [0.717, 1.165) is 10.0 Å². The van der Waals surface area contributed by atoms with Crippen LogP contribution >= 0.6 is 15.9 Å². The molecule has 0 radical (unpaired) electrons. The summed E-state index contributed by atoms with van der Waals surface area (Å²) in [6, 6.07) is 5.34. The number of aromatic carboxylic acids is 1. The van der Waals surface area contributed by atoms with Crippen molar-refractivity contribution in [3.8, 4) is 0 Å². The molecule has 0 saturated heterocycles. The minimum Gasteiger partial charge on any atom is -0.478 e. The number of benzene rings is 1. The molecule has 1 aromatic carbocycles. The van der Waals surface area contributed by atoms with Gasteiger partial charge in [0.25, 0.3) is 0 Å². The number of carboxylic acid groups (broad SMARTS) is 1. The summed E-state index contributed by atoms with van der Waals surface area (Å²) in [4.78, 5) is 10.9. The van der Waals surface area contributed by atoms with Crippen molar-refractivity contribution in [2.45, 2.75) is 19.8 Å². The number of hydrogen-bond acceptors (Lipinski definition) is 1. The monoisotopic (exact) mass is 242 g/mol. The number of hydrogen-bond donors (Lipinski definition) is 1. The van der Waals surface area contributed by atoms with E-state index in [9.17, 15) is 4.79 Å². The second kappa shape index (κ2) is 3.92. The summed E-state index contributed by atoms with van der Waals surface area (Å²) >= 11 is 3.25. The smallest absolute Gasteiger partial charge is 0.336 e. The molecular formula is C10H11BrO2. The number of carboxylic acids is 1. The van der Waals surface area contributed by atoms with Crippen molar-refractivity contribution in [2.75, 3.05) is 0 Å². The molecule has 3 heteroatoms. The van der Waals surface area contributed by atoms with Crippen LogP contribution in [0, 0.1) is 0 Å². The van der Waals surface area contributed by atoms with E-state index < -0.39 is 5.97 Å². The average molecular weight is 243 g/mol. The van der Waals surface area contributed by atoms with E-state index in [2.05, 4.69) is 15.9 Å². The minimum absolute atomic E-state index is 0.235. The highest BCUT2D eigenvalue weighted by Crippen LogP contribution is 2.23. The summed E-state index contributed by atoms with van der Waals surface area (Å²) < 4.78 is 0.800. The maximum Gasteiger partial charge on any atom is 0.336 e. The highest BCUT2D eigenvalue weighted by Gasteiger charge is 2.12. The van der Waals surface area contributed by atoms with E-state index in [0.29, 0.717) is 5.56 Å². The van der Waals surface area contributed by atoms with Crippen molar-refractivity contribution in [3.05, 3.63) is 33.8 Å². The number of rotatable bonds is 2. The van der Waals surface area contributed by atoms with Crippen molar-refractivity contribution in [1.82, 2.24) is 0 Å². The molecule has 70 valence electrons. The summed E-state index contributed by atoms with van der Waals surface area (Å²) in [6.07, 6.45) is 0. The van der Waals surface area contributed by atoms with Crippen LogP contribution < -0.4 is 0 Å². The van der Waals surface area contributed by atoms with Gasteiger partial charge in [0.15, 0.2) is 0 Å². The lowest BCUT2D eigenvalue weighted by Gasteiger charge is -2.09. The molecule has 0 spiro atoms. The second-order valence-corrected chi connectivity index (χ2v) is 4.11. The van der Waals surface area contributed by atoms with E-state index in [1.54, 1.807) is 6.07 Å². The zero-order chi connectivity index (χ0) is 10.0. The Hall–Kier alpha value is -0.830. The van der Waals surface area contributed by atoms with Crippen molar-refractivity contribution >= 4 is 21.9 Å². The van der Waals surface area contributed by atoms with Crippen molar-refractivity contribution < 1.29 is 9.90 Å². The molecular weight excluding hydrogens is 232 g/mol. The van der Waals surface area contributed by atoms with Gasteiger partial charge in [-0.1, -0.05) is 35.8 Å². The first-order valence-corrected chi connectivity index (χ1v) is 4.84. The van der Waals surface area contributed by atoms with Gasteiger partial charge in [0.05, 0.1) is 5.56 Å². The maximum absolute atomic E-state index is 10.9. The lowest BCUT2D eigenvalue weighted by atomic mass is 9.97. The zero-order valence-electron chi connectivity index (χ0n) is 7.54. The molecule has 1 N–H and O–H groups in total. The fourth-order valence-corrected chi connectivity index (χ4v) is 1.58. The number of halogens is 1. The lowest BCUT2D eigenvalue weighted by molar-refractivity contribution is 0.0695. The standard InChI is InChI=1S/C10H11BrO2/c1-6(2)8-4-3-7(11)5-9(8)10(12)13/h3-6H,1-2H3,(H,12,13). The van der Waals surface area contributed by atoms with E-state index in [4.69, 9.17) is 5.11 Å². The Kier molecular flexibility index (Phi) is 3.09. The van der Waals surface area contributed by atoms with Crippen molar-refractivity contribution in [1.29, 1.82) is 0 Å². The third-order valence-corrected chi connectivity index (χ3v) is 2.36. The van der Waals surface area contributed by atoms with Crippen LogP contribution in [0.25, 0.3) is 0 Å². The van der Waals surface area contributed by atoms with Crippen LogP contribution in [-0.4, -0.2) is 11.1 Å². The molecule has 0 fully saturated rings. The van der Waals surface area contributed by atoms with Crippen LogP contribution in [0.1, 0.15) is 35.7 Å². The predicted octanol–water partition coefficient (Wildman–Crippen LogP) is 3.27. The maximum atomic E-state index is 10.9. The Balaban J connectivity index is 3.27. The molecule has 0 bridgehead atoms. The van der Waals surface area contributed by atoms with Gasteiger partial charge in [-0.25, -0.2) is 4.79 Å². The molecule has 2 nitrogen and oxygen atoms in total. The van der Waals surface area contributed by atoms with Crippen molar-refractivity contribution in [2.24, 2.45) is 0 Å². The molecule has 0 aliphatic rings. The van der Waals surface area contributed by atoms with Crippen molar-refractivity contribution in [3.63, 3.8) is 0 Å². The molecule has 0 amide bonds. The van der Waals surface area contributed by atoms with Crippen LogP contribution in [-0.2, 0) is 0 Å². The van der Waals surface area contributed by atoms with Gasteiger partial charge >= 0.3 is 5.97 Å². The fraction of sp³-hybridized carbons (Fsp3) is 0.300. The third-order valence-electron chi connectivity index (χ3n) is 1.87. The largest absolute Gasteiger partial charge is 0.478 e. The van der Waals surface area contributed by atoms with Gasteiger partial charge in [-0.3, -0.25) is 0 Å². The highest BCUT2D eigenvalue weighted by molar-refractivity contribution is 9.10. The zero-order valence-corrected chi connectivity index (χ0v) is 9.13. The highest BCUT2D eigenvalue weighted by atomic mass is 79.9. The third kappa shape index (κ3) is 2.31. The SMILES string of the molecule is CC(C)c1ccc(Br)cc1C(=O)O. The van der Waals surface area contributed by atoms with Gasteiger partial charge in [-0.05, 0) is 23.6 Å². The van der Waals surface area contributed by atoms with E-state index in [1.807, 2.05) is 26.0 Å². The van der Waals surface area contributed by atoms with Gasteiger partial charge in [-0.15, -0.1) is 0 Å². The number of carbonyl (C=O) groups is 1. The predicted molar refractivity (Wildman–Crippen MR) is 55.2 cm³/mol. The minimum atomic E-state index is -0.870. The second-order valence-electron chi connectivity index (χ2n) is 3.19. The summed E-state index contributed by atoms with van der Waals surface area (Å²) in [5.74, 6) is -0.635. The Morgan fingerprint density at radius 1 is 1.46 bits per heavy atom. The van der Waals surface area contributed by atoms with Gasteiger partial charge in [0, 0.05) is 4.47 Å². The summed E-state index contributed by atoms with van der Waals surface area (Å²) in [5.41, 5.74) is 1.25. The first-order valence-electron chi connectivity index (χ1n) is 4.05. The molecule has 1 aromatic rings. The van der Waals surface area contributed by atoms with Gasteiger partial charge in [0.2, 0.25) is 0 Å². The quantitative estimate of drug-likeness (QED) is 0.865. The van der Waals surface area contributed by atoms with Gasteiger partial charge in [0.1, 0.15) is 0 Å². The van der Waals surface area contributed by atoms with Crippen LogP contribution in [0.4, 0.5) is 0 Å². The molecule has 0 saturated carbocycles. The molecule has 13 heavy (non-hydrogen) atoms. The Labute approximate surface area is 85.7 Å². The van der Waals surface area contributed by atoms with Crippen LogP contribution in [0.3, 0.4) is 0 Å². The summed E-state index contributed by atoms with van der Waals surface area (Å²) in [6.45, 7) is 3.96. The fourth-order valence-electron chi connectivity index (χ4n) is 1.22. The molecule has 0 unspecified atom stereocenters. The molecule has 1 rings (SSSR count). The molecule has 0 heterocycles. The molecule has 0 aliphatic heterocycles. The molecule has 0 atom stereocenters. The average Bonchev–Trinajstić information content (AvgIpc) is 2.03. The Bertz CT molecular complexity index is 332. The van der Waals surface area contributed by atoms with Crippen LogP contribution in [0.15, 0.2) is 22.7 Å². The summed E-state index contributed by atoms with van der Waals surface area (Å²) in [7, 11) is 0. The van der Waals surface area contributed by atoms with Crippen LogP contribution in [0.2, 0.25) is 0 Å². The van der Waals surface area contributed by atoms with Crippen LogP contribution in [0.5, 0.6) is 0 Å². The van der Waals surface area contributed by atoms with Gasteiger partial charge in [-0.2, -0.15) is 0 Å². The van der Waals surface area contributed by atoms with Gasteiger partial charge < -0.3 is 5.11 Å². The van der Waals surface area contributed by atoms with E-state index >= 15 is 0 Å². The van der Waals surface area contributed by atoms with E-state index in [1.165, 1.54) is 0 Å².